The van der Waals surface area contributed by atoms with E-state index in [0.717, 1.165) is 5.56 Å². The van der Waals surface area contributed by atoms with Crippen molar-refractivity contribution in [2.75, 3.05) is 0 Å². The van der Waals surface area contributed by atoms with Gasteiger partial charge < -0.3 is 14.2 Å². The second-order valence-electron chi connectivity index (χ2n) is 5.71. The lowest BCUT2D eigenvalue weighted by atomic mass is 10.1. The number of aromatic amines is 1. The molecule has 0 spiro atoms. The summed E-state index contributed by atoms with van der Waals surface area (Å²) < 4.78 is 47.4. The van der Waals surface area contributed by atoms with Crippen LogP contribution in [0.2, 0.25) is 0 Å². The van der Waals surface area contributed by atoms with Crippen molar-refractivity contribution < 1.29 is 27.2 Å². The first kappa shape index (κ1) is 18.6. The minimum Gasteiger partial charge on any atom is -0.427 e. The average Bonchev–Trinajstić information content (AvgIpc) is 3.27. The summed E-state index contributed by atoms with van der Waals surface area (Å²) in [6, 6.07) is 9.09. The van der Waals surface area contributed by atoms with E-state index in [1.165, 1.54) is 12.5 Å². The van der Waals surface area contributed by atoms with Gasteiger partial charge in [0.2, 0.25) is 5.72 Å². The van der Waals surface area contributed by atoms with E-state index in [2.05, 4.69) is 24.8 Å². The van der Waals surface area contributed by atoms with Gasteiger partial charge in [-0.15, -0.1) is 0 Å². The van der Waals surface area contributed by atoms with Crippen molar-refractivity contribution in [1.82, 2.24) is 20.1 Å². The number of H-pyrrole nitrogens is 1. The molecule has 3 aromatic rings. The van der Waals surface area contributed by atoms with Gasteiger partial charge in [-0.25, -0.2) is 9.78 Å². The highest BCUT2D eigenvalue weighted by atomic mass is 19.4. The van der Waals surface area contributed by atoms with Crippen LogP contribution in [0.25, 0.3) is 0 Å². The number of nitrogens with two attached hydrogens (primary N) is 1. The molecule has 2 heterocycles. The van der Waals surface area contributed by atoms with Crippen molar-refractivity contribution >= 4 is 5.97 Å². The third-order valence-electron chi connectivity index (χ3n) is 3.55. The molecule has 0 aliphatic heterocycles. The van der Waals surface area contributed by atoms with Gasteiger partial charge in [0.15, 0.2) is 5.82 Å². The summed E-state index contributed by atoms with van der Waals surface area (Å²) in [6.07, 6.45) is -2.72. The minimum absolute atomic E-state index is 0.179. The number of halogens is 3. The number of alkyl halides is 3. The van der Waals surface area contributed by atoms with Crippen LogP contribution in [-0.2, 0) is 28.1 Å². The average molecular weight is 381 g/mol. The molecular weight excluding hydrogens is 367 g/mol. The number of carbonyl (C=O) groups excluding carboxylic acids is 1. The Morgan fingerprint density at radius 3 is 2.63 bits per heavy atom. The van der Waals surface area contributed by atoms with E-state index in [1.807, 2.05) is 30.3 Å². The molecule has 2 aromatic heterocycles. The molecular formula is C16H14F3N5O3. The van der Waals surface area contributed by atoms with Gasteiger partial charge in [0.1, 0.15) is 0 Å². The van der Waals surface area contributed by atoms with Gasteiger partial charge in [0.25, 0.3) is 5.89 Å². The number of imidazole rings is 1. The summed E-state index contributed by atoms with van der Waals surface area (Å²) >= 11 is 0. The SMILES string of the molecule is N[C@@](Cc1cnc[nH]1)(OC(=O)C(F)(F)F)c1nc(Cc2ccccc2)no1. The minimum atomic E-state index is -5.23. The zero-order valence-corrected chi connectivity index (χ0v) is 13.7. The third-order valence-corrected chi connectivity index (χ3v) is 3.55. The number of hydrogen-bond donors (Lipinski definition) is 2. The normalized spacial score (nSPS) is 13.9. The molecule has 142 valence electrons. The van der Waals surface area contributed by atoms with Crippen LogP contribution in [0.4, 0.5) is 13.2 Å². The van der Waals surface area contributed by atoms with Crippen LogP contribution in [0.1, 0.15) is 23.0 Å². The van der Waals surface area contributed by atoms with Crippen molar-refractivity contribution in [2.24, 2.45) is 5.73 Å². The summed E-state index contributed by atoms with van der Waals surface area (Å²) in [7, 11) is 0. The first-order valence-electron chi connectivity index (χ1n) is 7.69. The van der Waals surface area contributed by atoms with Gasteiger partial charge in [-0.1, -0.05) is 35.5 Å². The molecule has 8 nitrogen and oxygen atoms in total. The molecule has 0 saturated heterocycles. The number of nitrogens with zero attached hydrogens (tertiary/aromatic N) is 3. The van der Waals surface area contributed by atoms with E-state index in [1.54, 1.807) is 0 Å². The van der Waals surface area contributed by atoms with Gasteiger partial charge in [-0.05, 0) is 5.56 Å². The Labute approximate surface area is 150 Å². The van der Waals surface area contributed by atoms with Crippen LogP contribution in [0, 0.1) is 0 Å². The quantitative estimate of drug-likeness (QED) is 0.494. The van der Waals surface area contributed by atoms with Crippen LogP contribution >= 0.6 is 0 Å². The highest BCUT2D eigenvalue weighted by Gasteiger charge is 2.48. The molecule has 3 rings (SSSR count). The smallest absolute Gasteiger partial charge is 0.427 e. The highest BCUT2D eigenvalue weighted by molar-refractivity contribution is 5.76. The van der Waals surface area contributed by atoms with Crippen LogP contribution in [0.15, 0.2) is 47.4 Å². The Morgan fingerprint density at radius 1 is 1.26 bits per heavy atom. The van der Waals surface area contributed by atoms with Crippen molar-refractivity contribution in [3.8, 4) is 0 Å². The lowest BCUT2D eigenvalue weighted by Crippen LogP contribution is -2.47. The number of esters is 1. The van der Waals surface area contributed by atoms with Gasteiger partial charge in [0.05, 0.1) is 12.7 Å². The van der Waals surface area contributed by atoms with Crippen LogP contribution in [0.3, 0.4) is 0 Å². The van der Waals surface area contributed by atoms with Crippen LogP contribution < -0.4 is 5.73 Å². The Bertz CT molecular complexity index is 896. The largest absolute Gasteiger partial charge is 0.491 e. The molecule has 0 radical (unpaired) electrons. The Hall–Kier alpha value is -3.21. The first-order valence-corrected chi connectivity index (χ1v) is 7.69. The molecule has 27 heavy (non-hydrogen) atoms. The summed E-state index contributed by atoms with van der Waals surface area (Å²) in [4.78, 5) is 21.8. The van der Waals surface area contributed by atoms with Crippen molar-refractivity contribution in [3.05, 3.63) is 65.8 Å². The predicted molar refractivity (Wildman–Crippen MR) is 83.9 cm³/mol. The number of carbonyl (C=O) groups is 1. The van der Waals surface area contributed by atoms with Gasteiger partial charge in [0, 0.05) is 18.3 Å². The number of ether oxygens (including phenoxy) is 1. The number of hydrogen-bond acceptors (Lipinski definition) is 7. The van der Waals surface area contributed by atoms with Crippen molar-refractivity contribution in [2.45, 2.75) is 24.7 Å². The number of aromatic nitrogens is 4. The van der Waals surface area contributed by atoms with E-state index in [0.29, 0.717) is 5.69 Å². The maximum Gasteiger partial charge on any atom is 0.491 e. The molecule has 0 unspecified atom stereocenters. The first-order chi connectivity index (χ1) is 12.8. The molecule has 3 N–H and O–H groups in total. The van der Waals surface area contributed by atoms with Crippen LogP contribution in [-0.4, -0.2) is 32.3 Å². The molecule has 1 aromatic carbocycles. The lowest BCUT2D eigenvalue weighted by molar-refractivity contribution is -0.217. The zero-order valence-electron chi connectivity index (χ0n) is 13.7. The maximum absolute atomic E-state index is 12.6. The molecule has 0 aliphatic carbocycles. The summed E-state index contributed by atoms with van der Waals surface area (Å²) in [5.74, 6) is -2.74. The molecule has 0 fully saturated rings. The molecule has 0 bridgehead atoms. The molecule has 0 saturated carbocycles. The lowest BCUT2D eigenvalue weighted by Gasteiger charge is -2.25. The second kappa shape index (κ2) is 7.19. The fourth-order valence-corrected chi connectivity index (χ4v) is 2.32. The topological polar surface area (TPSA) is 120 Å². The zero-order chi connectivity index (χ0) is 19.5. The number of benzene rings is 1. The Balaban J connectivity index is 1.87. The number of rotatable bonds is 6. The molecule has 0 aliphatic rings. The fourth-order valence-electron chi connectivity index (χ4n) is 2.32. The van der Waals surface area contributed by atoms with E-state index >= 15 is 0 Å². The maximum atomic E-state index is 12.6. The number of nitrogens with one attached hydrogen (secondary N) is 1. The molecule has 0 amide bonds. The summed E-state index contributed by atoms with van der Waals surface area (Å²) in [5.41, 5.74) is 4.78. The van der Waals surface area contributed by atoms with Gasteiger partial charge in [-0.2, -0.15) is 18.2 Å². The highest BCUT2D eigenvalue weighted by Crippen LogP contribution is 2.27. The monoisotopic (exact) mass is 381 g/mol. The summed E-state index contributed by atoms with van der Waals surface area (Å²) in [6.45, 7) is 0. The van der Waals surface area contributed by atoms with E-state index in [4.69, 9.17) is 10.3 Å². The van der Waals surface area contributed by atoms with E-state index < -0.39 is 23.8 Å². The van der Waals surface area contributed by atoms with Gasteiger partial charge in [-0.3, -0.25) is 5.73 Å². The molecule has 11 heteroatoms. The van der Waals surface area contributed by atoms with E-state index in [-0.39, 0.29) is 18.7 Å². The van der Waals surface area contributed by atoms with Gasteiger partial charge >= 0.3 is 12.1 Å². The van der Waals surface area contributed by atoms with E-state index in [9.17, 15) is 18.0 Å². The van der Waals surface area contributed by atoms with Crippen LogP contribution in [0.5, 0.6) is 0 Å². The Morgan fingerprint density at radius 2 is 2.00 bits per heavy atom. The fraction of sp³-hybridized carbons (Fsp3) is 0.250. The Kier molecular flexibility index (Phi) is 4.95. The third kappa shape index (κ3) is 4.50. The van der Waals surface area contributed by atoms with Crippen molar-refractivity contribution in [1.29, 1.82) is 0 Å². The predicted octanol–water partition coefficient (Wildman–Crippen LogP) is 1.84. The summed E-state index contributed by atoms with van der Waals surface area (Å²) in [5, 5.41) is 3.71. The standard InChI is InChI=1S/C16H14F3N5O3/c17-16(18,19)14(25)26-15(20,7-11-8-21-9-22-11)13-23-12(24-27-13)6-10-4-2-1-3-5-10/h1-5,8-9H,6-7,20H2,(H,21,22)/t15-/m0/s1. The second-order valence-corrected chi connectivity index (χ2v) is 5.71. The van der Waals surface area contributed by atoms with Crippen molar-refractivity contribution in [3.63, 3.8) is 0 Å². The molecule has 1 atom stereocenters.